The van der Waals surface area contributed by atoms with Crippen LogP contribution in [0.5, 0.6) is 0 Å². The number of unbranched alkanes of at least 4 members (excludes halogenated alkanes) is 2. The number of nitrogens with zero attached hydrogens (tertiary/aromatic N) is 2. The van der Waals surface area contributed by atoms with Gasteiger partial charge in [-0.15, -0.1) is 0 Å². The molecule has 0 radical (unpaired) electrons. The predicted molar refractivity (Wildman–Crippen MR) is 49.0 cm³/mol. The first kappa shape index (κ1) is 9.38. The van der Waals surface area contributed by atoms with Crippen molar-refractivity contribution in [1.82, 2.24) is 10.2 Å². The molecule has 0 fully saturated rings. The molecule has 0 amide bonds. The van der Waals surface area contributed by atoms with Gasteiger partial charge in [0.15, 0.2) is 0 Å². The summed E-state index contributed by atoms with van der Waals surface area (Å²) >= 11 is 1.56. The molecular formula is C7H13N3OS. The zero-order valence-electron chi connectivity index (χ0n) is 7.12. The average molecular weight is 187 g/mol. The molecule has 0 aliphatic carbocycles. The Hall–Kier alpha value is -0.710. The van der Waals surface area contributed by atoms with Crippen LogP contribution in [0.1, 0.15) is 26.2 Å². The normalized spacial score (nSPS) is 10.4. The molecule has 0 saturated heterocycles. The Bertz CT molecular complexity index is 226. The summed E-state index contributed by atoms with van der Waals surface area (Å²) < 4.78 is 4.98. The zero-order valence-corrected chi connectivity index (χ0v) is 7.93. The minimum Gasteiger partial charge on any atom is -0.398 e. The fourth-order valence-corrected chi connectivity index (χ4v) is 1.56. The summed E-state index contributed by atoms with van der Waals surface area (Å²) in [6.45, 7) is 2.18. The highest BCUT2D eigenvalue weighted by atomic mass is 32.2. The smallest absolute Gasteiger partial charge is 0.313 e. The molecule has 0 aliphatic rings. The van der Waals surface area contributed by atoms with Crippen LogP contribution in [0.2, 0.25) is 0 Å². The van der Waals surface area contributed by atoms with Gasteiger partial charge in [-0.2, -0.15) is 0 Å². The van der Waals surface area contributed by atoms with Gasteiger partial charge in [0.1, 0.15) is 0 Å². The number of aromatic nitrogens is 2. The third-order valence-corrected chi connectivity index (χ3v) is 2.30. The largest absolute Gasteiger partial charge is 0.398 e. The van der Waals surface area contributed by atoms with E-state index in [1.54, 1.807) is 11.8 Å². The lowest BCUT2D eigenvalue weighted by Gasteiger charge is -1.93. The molecule has 1 heterocycles. The minimum absolute atomic E-state index is 0.146. The van der Waals surface area contributed by atoms with Crippen LogP contribution in [0.3, 0.4) is 0 Å². The van der Waals surface area contributed by atoms with Gasteiger partial charge in [0.25, 0.3) is 5.22 Å². The number of hydrogen-bond donors (Lipinski definition) is 1. The Balaban J connectivity index is 2.15. The van der Waals surface area contributed by atoms with Gasteiger partial charge in [-0.05, 0) is 6.42 Å². The van der Waals surface area contributed by atoms with Crippen molar-refractivity contribution >= 4 is 17.8 Å². The van der Waals surface area contributed by atoms with Crippen molar-refractivity contribution in [3.8, 4) is 0 Å². The highest BCUT2D eigenvalue weighted by molar-refractivity contribution is 7.99. The second kappa shape index (κ2) is 5.03. The standard InChI is InChI=1S/C7H13N3OS/c1-2-3-4-5-12-7-10-9-6(8)11-7/h2-5H2,1H3,(H2,8,9). The monoisotopic (exact) mass is 187 g/mol. The summed E-state index contributed by atoms with van der Waals surface area (Å²) in [4.78, 5) is 0. The third kappa shape index (κ3) is 3.13. The van der Waals surface area contributed by atoms with Crippen molar-refractivity contribution in [3.05, 3.63) is 0 Å². The van der Waals surface area contributed by atoms with Crippen molar-refractivity contribution in [2.24, 2.45) is 0 Å². The van der Waals surface area contributed by atoms with Gasteiger partial charge in [0.2, 0.25) is 0 Å². The second-order valence-electron chi connectivity index (χ2n) is 2.46. The Labute approximate surface area is 75.9 Å². The lowest BCUT2D eigenvalue weighted by atomic mass is 10.3. The van der Waals surface area contributed by atoms with E-state index < -0.39 is 0 Å². The van der Waals surface area contributed by atoms with Gasteiger partial charge >= 0.3 is 6.01 Å². The van der Waals surface area contributed by atoms with Crippen LogP contribution in [-0.2, 0) is 0 Å². The van der Waals surface area contributed by atoms with Gasteiger partial charge in [-0.25, -0.2) is 0 Å². The Morgan fingerprint density at radius 1 is 1.42 bits per heavy atom. The molecule has 68 valence electrons. The van der Waals surface area contributed by atoms with Crippen LogP contribution in [-0.4, -0.2) is 16.0 Å². The van der Waals surface area contributed by atoms with E-state index in [-0.39, 0.29) is 6.01 Å². The highest BCUT2D eigenvalue weighted by Gasteiger charge is 2.01. The number of hydrogen-bond acceptors (Lipinski definition) is 5. The predicted octanol–water partition coefficient (Wildman–Crippen LogP) is 1.93. The molecule has 0 saturated carbocycles. The Morgan fingerprint density at radius 3 is 2.83 bits per heavy atom. The van der Waals surface area contributed by atoms with Crippen LogP contribution in [0.25, 0.3) is 0 Å². The van der Waals surface area contributed by atoms with Crippen molar-refractivity contribution in [1.29, 1.82) is 0 Å². The lowest BCUT2D eigenvalue weighted by molar-refractivity contribution is 0.470. The molecule has 0 aliphatic heterocycles. The molecule has 0 spiro atoms. The van der Waals surface area contributed by atoms with Crippen LogP contribution in [0, 0.1) is 0 Å². The molecular weight excluding hydrogens is 174 g/mol. The molecule has 5 heteroatoms. The van der Waals surface area contributed by atoms with E-state index in [0.29, 0.717) is 5.22 Å². The van der Waals surface area contributed by atoms with Gasteiger partial charge < -0.3 is 10.2 Å². The molecule has 1 aromatic heterocycles. The van der Waals surface area contributed by atoms with E-state index in [4.69, 9.17) is 10.2 Å². The number of anilines is 1. The Kier molecular flexibility index (Phi) is 3.93. The van der Waals surface area contributed by atoms with E-state index in [0.717, 1.165) is 5.75 Å². The van der Waals surface area contributed by atoms with Crippen LogP contribution in [0.4, 0.5) is 6.01 Å². The van der Waals surface area contributed by atoms with Gasteiger partial charge in [-0.1, -0.05) is 41.7 Å². The maximum Gasteiger partial charge on any atom is 0.313 e. The molecule has 12 heavy (non-hydrogen) atoms. The molecule has 4 nitrogen and oxygen atoms in total. The van der Waals surface area contributed by atoms with Crippen molar-refractivity contribution < 1.29 is 4.42 Å². The first-order valence-corrected chi connectivity index (χ1v) is 5.03. The summed E-state index contributed by atoms with van der Waals surface area (Å²) in [6.07, 6.45) is 3.66. The molecule has 0 aromatic carbocycles. The molecule has 1 aromatic rings. The van der Waals surface area contributed by atoms with Crippen LogP contribution >= 0.6 is 11.8 Å². The quantitative estimate of drug-likeness (QED) is 0.563. The first-order chi connectivity index (χ1) is 5.83. The SMILES string of the molecule is CCCCCSc1nnc(N)o1. The van der Waals surface area contributed by atoms with E-state index in [1.165, 1.54) is 19.3 Å². The second-order valence-corrected chi connectivity index (χ2v) is 3.51. The minimum atomic E-state index is 0.146. The number of nitrogens with two attached hydrogens (primary N) is 1. The molecule has 0 bridgehead atoms. The molecule has 0 unspecified atom stereocenters. The third-order valence-electron chi connectivity index (χ3n) is 1.40. The summed E-state index contributed by atoms with van der Waals surface area (Å²) in [6, 6.07) is 0.146. The van der Waals surface area contributed by atoms with E-state index in [9.17, 15) is 0 Å². The van der Waals surface area contributed by atoms with Crippen molar-refractivity contribution in [2.75, 3.05) is 11.5 Å². The fourth-order valence-electron chi connectivity index (χ4n) is 0.790. The van der Waals surface area contributed by atoms with Crippen molar-refractivity contribution in [2.45, 2.75) is 31.4 Å². The van der Waals surface area contributed by atoms with Gasteiger partial charge in [0, 0.05) is 5.75 Å². The summed E-state index contributed by atoms with van der Waals surface area (Å²) in [7, 11) is 0. The van der Waals surface area contributed by atoms with Crippen LogP contribution in [0.15, 0.2) is 9.64 Å². The molecule has 1 rings (SSSR count). The summed E-state index contributed by atoms with van der Waals surface area (Å²) in [5.41, 5.74) is 5.26. The van der Waals surface area contributed by atoms with Gasteiger partial charge in [0.05, 0.1) is 0 Å². The van der Waals surface area contributed by atoms with Crippen LogP contribution < -0.4 is 5.73 Å². The number of thioether (sulfide) groups is 1. The molecule has 0 atom stereocenters. The maximum absolute atomic E-state index is 5.26. The van der Waals surface area contributed by atoms with Gasteiger partial charge in [-0.3, -0.25) is 0 Å². The Morgan fingerprint density at radius 2 is 2.25 bits per heavy atom. The van der Waals surface area contributed by atoms with E-state index >= 15 is 0 Å². The summed E-state index contributed by atoms with van der Waals surface area (Å²) in [5, 5.41) is 7.86. The van der Waals surface area contributed by atoms with E-state index in [1.807, 2.05) is 0 Å². The molecule has 2 N–H and O–H groups in total. The number of nitrogen functional groups attached to an aromatic ring is 1. The fraction of sp³-hybridized carbons (Fsp3) is 0.714. The zero-order chi connectivity index (χ0) is 8.81. The topological polar surface area (TPSA) is 64.9 Å². The van der Waals surface area contributed by atoms with Crippen molar-refractivity contribution in [3.63, 3.8) is 0 Å². The average Bonchev–Trinajstić information content (AvgIpc) is 2.45. The van der Waals surface area contributed by atoms with E-state index in [2.05, 4.69) is 17.1 Å². The lowest BCUT2D eigenvalue weighted by Crippen LogP contribution is -1.81. The summed E-state index contributed by atoms with van der Waals surface area (Å²) in [5.74, 6) is 1.02. The maximum atomic E-state index is 5.26. The first-order valence-electron chi connectivity index (χ1n) is 4.04. The number of rotatable bonds is 5. The highest BCUT2D eigenvalue weighted by Crippen LogP contribution is 2.18.